The molecule has 0 aromatic rings. The van der Waals surface area contributed by atoms with Crippen molar-refractivity contribution in [3.8, 4) is 6.07 Å². The Kier molecular flexibility index (Phi) is 7.16. The second kappa shape index (κ2) is 9.22. The summed E-state index contributed by atoms with van der Waals surface area (Å²) >= 11 is 0. The maximum atomic E-state index is 12.7. The Morgan fingerprint density at radius 3 is 2.57 bits per heavy atom. The molecule has 156 valence electrons. The Morgan fingerprint density at radius 2 is 1.97 bits per heavy atom. The van der Waals surface area contributed by atoms with Gasteiger partial charge >= 0.3 is 23.2 Å². The third-order valence-electron chi connectivity index (χ3n) is 4.49. The van der Waals surface area contributed by atoms with E-state index in [1.807, 2.05) is 17.8 Å². The average molecular weight is 457 g/mol. The Bertz CT molecular complexity index is 1000. The van der Waals surface area contributed by atoms with E-state index < -0.39 is 12.7 Å². The summed E-state index contributed by atoms with van der Waals surface area (Å²) in [6.07, 6.45) is 0.480. The largest absolute Gasteiger partial charge is 2.00 e. The Labute approximate surface area is 181 Å². The molecule has 0 spiro atoms. The van der Waals surface area contributed by atoms with Gasteiger partial charge < -0.3 is 15.2 Å². The number of fused-ring (bicyclic) bond motifs is 1. The average Bonchev–Trinajstić information content (AvgIpc) is 2.99. The number of rotatable bonds is 2. The van der Waals surface area contributed by atoms with Gasteiger partial charge in [-0.05, 0) is 30.6 Å². The summed E-state index contributed by atoms with van der Waals surface area (Å²) < 4.78 is 38.1. The van der Waals surface area contributed by atoms with Crippen molar-refractivity contribution in [1.82, 2.24) is 9.80 Å². The van der Waals surface area contributed by atoms with E-state index in [1.165, 1.54) is 11.9 Å². The van der Waals surface area contributed by atoms with E-state index in [1.54, 1.807) is 18.2 Å². The molecule has 0 aromatic heterocycles. The Balaban J connectivity index is 0.00000320. The van der Waals surface area contributed by atoms with Crippen molar-refractivity contribution in [1.29, 1.82) is 5.26 Å². The molecule has 0 saturated carbocycles. The summed E-state index contributed by atoms with van der Waals surface area (Å²) in [6, 6.07) is 1.79. The predicted octanol–water partition coefficient (Wildman–Crippen LogP) is 2.28. The number of guanidine groups is 1. The number of nitrogens with zero attached hydrogens (tertiary/aromatic N) is 8. The van der Waals surface area contributed by atoms with Crippen molar-refractivity contribution in [3.63, 3.8) is 0 Å². The van der Waals surface area contributed by atoms with Gasteiger partial charge in [-0.25, -0.2) is 5.87 Å². The molecule has 0 bridgehead atoms. The molecule has 0 amide bonds. The number of hydrogen-bond acceptors (Lipinski definition) is 5. The van der Waals surface area contributed by atoms with Gasteiger partial charge in [0.05, 0.1) is 5.71 Å². The fourth-order valence-corrected chi connectivity index (χ4v) is 3.05. The molecule has 3 aliphatic rings. The van der Waals surface area contributed by atoms with Gasteiger partial charge in [-0.2, -0.15) is 23.4 Å². The van der Waals surface area contributed by atoms with E-state index >= 15 is 0 Å². The van der Waals surface area contributed by atoms with Gasteiger partial charge in [0.2, 0.25) is 0 Å². The first-order valence-electron chi connectivity index (χ1n) is 8.64. The molecule has 1 fully saturated rings. The minimum absolute atomic E-state index is 0. The quantitative estimate of drug-likeness (QED) is 0.275. The third kappa shape index (κ3) is 4.94. The van der Waals surface area contributed by atoms with Crippen LogP contribution in [0.3, 0.4) is 0 Å². The van der Waals surface area contributed by atoms with Gasteiger partial charge in [-0.15, -0.1) is 10.2 Å². The first-order valence-corrected chi connectivity index (χ1v) is 8.64. The van der Waals surface area contributed by atoms with Gasteiger partial charge in [0.15, 0.2) is 5.71 Å². The second-order valence-corrected chi connectivity index (χ2v) is 6.52. The van der Waals surface area contributed by atoms with E-state index in [-0.39, 0.29) is 45.9 Å². The number of likely N-dealkylation sites (tertiary alicyclic amines) is 1. The van der Waals surface area contributed by atoms with Crippen LogP contribution in [0.15, 0.2) is 49.3 Å². The van der Waals surface area contributed by atoms with Crippen LogP contribution < -0.4 is 0 Å². The number of nitriles is 1. The van der Waals surface area contributed by atoms with Gasteiger partial charge in [0.25, 0.3) is 5.96 Å². The molecule has 2 aliphatic heterocycles. The molecule has 8 nitrogen and oxygen atoms in total. The Hall–Kier alpha value is -2.99. The van der Waals surface area contributed by atoms with Crippen LogP contribution in [0.4, 0.5) is 13.2 Å². The number of allylic oxidation sites excluding steroid dienone is 4. The van der Waals surface area contributed by atoms with Gasteiger partial charge in [0.1, 0.15) is 24.0 Å². The fourth-order valence-electron chi connectivity index (χ4n) is 3.05. The number of aliphatic imine (C=N–C) groups is 2. The summed E-state index contributed by atoms with van der Waals surface area (Å²) in [7, 11) is 3.37. The number of alkyl halides is 3. The summed E-state index contributed by atoms with van der Waals surface area (Å²) in [5.74, 6) is 1.85. The predicted molar refractivity (Wildman–Crippen MR) is 104 cm³/mol. The van der Waals surface area contributed by atoms with Crippen molar-refractivity contribution in [2.75, 3.05) is 27.2 Å². The molecule has 3 rings (SSSR count). The summed E-state index contributed by atoms with van der Waals surface area (Å²) in [5.41, 5.74) is 1.91. The van der Waals surface area contributed by atoms with Crippen LogP contribution in [0.2, 0.25) is 0 Å². The van der Waals surface area contributed by atoms with Gasteiger partial charge in [0, 0.05) is 26.3 Å². The van der Waals surface area contributed by atoms with Gasteiger partial charge in [-0.3, -0.25) is 4.99 Å². The van der Waals surface area contributed by atoms with Crippen molar-refractivity contribution in [3.05, 3.63) is 34.5 Å². The third-order valence-corrected chi connectivity index (χ3v) is 4.49. The maximum Gasteiger partial charge on any atom is 2.00 e. The van der Waals surface area contributed by atoms with E-state index in [4.69, 9.17) is 10.7 Å². The molecular weight excluding hydrogens is 441 g/mol. The smallest absolute Gasteiger partial charge is 0.761 e. The monoisotopic (exact) mass is 457 g/mol. The zero-order chi connectivity index (χ0) is 21.2. The van der Waals surface area contributed by atoms with Crippen LogP contribution in [-0.2, 0) is 17.1 Å². The molecule has 0 aromatic carbocycles. The molecule has 12 heteroatoms. The van der Waals surface area contributed by atoms with E-state index in [0.717, 1.165) is 30.7 Å². The first kappa shape index (κ1) is 23.3. The molecule has 0 radical (unpaired) electrons. The fraction of sp³-hybridized carbons (Fsp3) is 0.389. The normalized spacial score (nSPS) is 22.9. The van der Waals surface area contributed by atoms with E-state index in [9.17, 15) is 13.2 Å². The van der Waals surface area contributed by atoms with Crippen LogP contribution in [-0.4, -0.2) is 72.1 Å². The molecule has 0 atom stereocenters. The summed E-state index contributed by atoms with van der Waals surface area (Å²) in [5, 5.41) is 26.1. The molecule has 0 unspecified atom stereocenters. The van der Waals surface area contributed by atoms with Gasteiger partial charge in [-0.1, -0.05) is 0 Å². The minimum atomic E-state index is -4.45. The van der Waals surface area contributed by atoms with E-state index in [0.29, 0.717) is 0 Å². The second-order valence-electron chi connectivity index (χ2n) is 6.52. The topological polar surface area (TPSA) is 102 Å². The molecular formula is C18H16F3FeN8+. The molecule has 1 aliphatic carbocycles. The first-order chi connectivity index (χ1) is 13.7. The molecule has 30 heavy (non-hydrogen) atoms. The standard InChI is InChI=1S/C18H16F3N8.Fe/c1-28-5-3-4-11-6-13(12(7-15(11)28)24-10-18(19,20)21)26-27-17-25-14(8-22)16(9-23)29(17)2;/h6-7H,3-5,10H2,1-2H3;/q-1;+2. The molecule has 2 heterocycles. The van der Waals surface area contributed by atoms with Crippen molar-refractivity contribution < 1.29 is 30.2 Å². The minimum Gasteiger partial charge on any atom is -0.761 e. The van der Waals surface area contributed by atoms with Crippen molar-refractivity contribution >= 4 is 29.0 Å². The van der Waals surface area contributed by atoms with E-state index in [2.05, 4.69) is 20.2 Å². The number of piperidine rings is 1. The number of hydrogen-bond donors (Lipinski definition) is 0. The van der Waals surface area contributed by atoms with Crippen LogP contribution in [0.25, 0.3) is 5.41 Å². The van der Waals surface area contributed by atoms with Crippen molar-refractivity contribution in [2.45, 2.75) is 19.0 Å². The zero-order valence-corrected chi connectivity index (χ0v) is 17.2. The van der Waals surface area contributed by atoms with Crippen molar-refractivity contribution in [2.24, 2.45) is 20.2 Å². The van der Waals surface area contributed by atoms with Crippen LogP contribution in [0, 0.1) is 11.3 Å². The zero-order valence-electron chi connectivity index (χ0n) is 16.0. The molecule has 0 N–H and O–H groups in total. The Morgan fingerprint density at radius 1 is 1.23 bits per heavy atom. The summed E-state index contributed by atoms with van der Waals surface area (Å²) in [6.45, 7) is -0.536. The molecule has 1 saturated heterocycles. The summed E-state index contributed by atoms with van der Waals surface area (Å²) in [4.78, 5) is 10.9. The van der Waals surface area contributed by atoms with Crippen LogP contribution in [0.5, 0.6) is 0 Å². The maximum absolute atomic E-state index is 12.7. The van der Waals surface area contributed by atoms with Crippen LogP contribution in [0.1, 0.15) is 12.8 Å². The van der Waals surface area contributed by atoms with Crippen LogP contribution >= 0.6 is 0 Å². The number of likely N-dealkylation sites (N-methyl/N-ethyl adjacent to an activating group) is 1. The number of halogens is 3. The SMILES string of the molecule is CN1CCCC2=CC(=NN=C3N=C(C#N)C(=C=[N-])N3C)C(=NCC(F)(F)F)C=C21.[Fe+2].